The second kappa shape index (κ2) is 2.46. The van der Waals surface area contributed by atoms with Gasteiger partial charge in [-0.3, -0.25) is 4.79 Å². The molecule has 2 aliphatic rings. The van der Waals surface area contributed by atoms with Gasteiger partial charge in [0.1, 0.15) is 5.78 Å². The van der Waals surface area contributed by atoms with Gasteiger partial charge in [-0.15, -0.1) is 0 Å². The number of Topliss-reactive ketones (excluding diaryl/α,β-unsaturated/α-hetero) is 1. The fourth-order valence-electron chi connectivity index (χ4n) is 3.01. The zero-order chi connectivity index (χ0) is 8.98. The third-order valence-corrected chi connectivity index (χ3v) is 6.06. The smallest absolute Gasteiger partial charge is 0.139 e. The topological polar surface area (TPSA) is 17.1 Å². The first-order valence-electron chi connectivity index (χ1n) is 4.64. The summed E-state index contributed by atoms with van der Waals surface area (Å²) in [5.74, 6) is 1.21. The summed E-state index contributed by atoms with van der Waals surface area (Å²) in [6, 6.07) is 0. The van der Waals surface area contributed by atoms with Crippen LogP contribution < -0.4 is 0 Å². The Hall–Kier alpha value is 0.400. The number of carbonyl (C=O) groups excluding carboxylic acids is 1. The van der Waals surface area contributed by atoms with Gasteiger partial charge < -0.3 is 0 Å². The van der Waals surface area contributed by atoms with Crippen molar-refractivity contribution in [1.82, 2.24) is 0 Å². The first kappa shape index (κ1) is 8.97. The third-order valence-electron chi connectivity index (χ3n) is 4.48. The van der Waals surface area contributed by atoms with Crippen LogP contribution >= 0.6 is 22.6 Å². The van der Waals surface area contributed by atoms with Crippen LogP contribution in [0.3, 0.4) is 0 Å². The molecular formula is C10H15IO. The normalized spacial score (nSPS) is 51.9. The zero-order valence-corrected chi connectivity index (χ0v) is 9.85. The highest BCUT2D eigenvalue weighted by Gasteiger charge is 2.63. The van der Waals surface area contributed by atoms with Crippen LogP contribution in [-0.4, -0.2) is 10.2 Å². The van der Waals surface area contributed by atoms with Crippen LogP contribution in [0.5, 0.6) is 0 Å². The maximum absolute atomic E-state index is 11.7. The van der Waals surface area contributed by atoms with E-state index in [0.29, 0.717) is 17.1 Å². The van der Waals surface area contributed by atoms with E-state index in [1.165, 1.54) is 6.42 Å². The summed E-state index contributed by atoms with van der Waals surface area (Å²) in [7, 11) is 0. The second-order valence-corrected chi connectivity index (χ2v) is 5.51. The van der Waals surface area contributed by atoms with Crippen LogP contribution in [0.2, 0.25) is 0 Å². The van der Waals surface area contributed by atoms with E-state index in [0.717, 1.165) is 17.3 Å². The van der Waals surface area contributed by atoms with Gasteiger partial charge in [0.05, 0.1) is 0 Å². The minimum Gasteiger partial charge on any atom is -0.299 e. The van der Waals surface area contributed by atoms with Crippen LogP contribution in [0.1, 0.15) is 33.1 Å². The molecule has 0 aromatic heterocycles. The third kappa shape index (κ3) is 0.777. The largest absolute Gasteiger partial charge is 0.299 e. The summed E-state index contributed by atoms with van der Waals surface area (Å²) in [5.41, 5.74) is 0.337. The van der Waals surface area contributed by atoms with Gasteiger partial charge in [0.2, 0.25) is 0 Å². The number of halogens is 1. The van der Waals surface area contributed by atoms with Crippen molar-refractivity contribution >= 4 is 28.4 Å². The predicted octanol–water partition coefficient (Wildman–Crippen LogP) is 2.82. The highest BCUT2D eigenvalue weighted by Crippen LogP contribution is 2.64. The molecule has 0 heterocycles. The quantitative estimate of drug-likeness (QED) is 0.532. The van der Waals surface area contributed by atoms with Crippen LogP contribution in [0.25, 0.3) is 0 Å². The monoisotopic (exact) mass is 278 g/mol. The molecule has 0 spiro atoms. The lowest BCUT2D eigenvalue weighted by Gasteiger charge is -2.34. The molecule has 2 bridgehead atoms. The van der Waals surface area contributed by atoms with Gasteiger partial charge in [0, 0.05) is 16.3 Å². The minimum atomic E-state index is 0.0266. The highest BCUT2D eigenvalue weighted by atomic mass is 127. The van der Waals surface area contributed by atoms with Crippen LogP contribution in [0, 0.1) is 16.7 Å². The van der Waals surface area contributed by atoms with Crippen molar-refractivity contribution in [2.24, 2.45) is 16.7 Å². The number of carbonyl (C=O) groups is 1. The summed E-state index contributed by atoms with van der Waals surface area (Å²) >= 11 is 2.44. The van der Waals surface area contributed by atoms with E-state index in [1.807, 2.05) is 0 Å². The summed E-state index contributed by atoms with van der Waals surface area (Å²) in [5, 5.41) is 0. The highest BCUT2D eigenvalue weighted by molar-refractivity contribution is 14.1. The summed E-state index contributed by atoms with van der Waals surface area (Å²) in [6.07, 6.45) is 3.27. The fourth-order valence-corrected chi connectivity index (χ4v) is 4.47. The molecule has 3 atom stereocenters. The first-order chi connectivity index (χ1) is 5.54. The Labute approximate surface area is 87.4 Å². The molecule has 0 N–H and O–H groups in total. The van der Waals surface area contributed by atoms with Crippen molar-refractivity contribution in [3.8, 4) is 0 Å². The van der Waals surface area contributed by atoms with Gasteiger partial charge >= 0.3 is 0 Å². The Kier molecular flexibility index (Phi) is 1.84. The molecule has 0 saturated heterocycles. The van der Waals surface area contributed by atoms with Crippen LogP contribution in [-0.2, 0) is 4.79 Å². The lowest BCUT2D eigenvalue weighted by molar-refractivity contribution is -0.128. The Balaban J connectivity index is 2.44. The molecule has 2 fully saturated rings. The van der Waals surface area contributed by atoms with E-state index >= 15 is 0 Å². The van der Waals surface area contributed by atoms with Gasteiger partial charge in [0.15, 0.2) is 0 Å². The Bertz CT molecular complexity index is 238. The van der Waals surface area contributed by atoms with E-state index in [1.54, 1.807) is 0 Å². The Morgan fingerprint density at radius 1 is 1.58 bits per heavy atom. The van der Waals surface area contributed by atoms with Crippen LogP contribution in [0.15, 0.2) is 0 Å². The van der Waals surface area contributed by atoms with E-state index in [4.69, 9.17) is 0 Å². The van der Waals surface area contributed by atoms with Gasteiger partial charge in [-0.1, -0.05) is 36.4 Å². The number of ketones is 1. The van der Waals surface area contributed by atoms with Gasteiger partial charge in [-0.2, -0.15) is 0 Å². The minimum absolute atomic E-state index is 0.0266. The molecule has 12 heavy (non-hydrogen) atoms. The van der Waals surface area contributed by atoms with E-state index < -0.39 is 0 Å². The molecule has 0 aromatic carbocycles. The van der Waals surface area contributed by atoms with Gasteiger partial charge in [-0.25, -0.2) is 0 Å². The maximum Gasteiger partial charge on any atom is 0.139 e. The average Bonchev–Trinajstić information content (AvgIpc) is 2.39. The standard InChI is InChI=1S/C10H15IO/c1-9-4-3-7(5-8(9)12)10(9,2)6-11/h7H,3-6H2,1-2H3. The number of hydrogen-bond donors (Lipinski definition) is 0. The summed E-state index contributed by atoms with van der Waals surface area (Å²) < 4.78 is 1.14. The molecule has 0 aliphatic heterocycles. The lowest BCUT2D eigenvalue weighted by Crippen LogP contribution is -2.36. The molecule has 2 heteroatoms. The molecule has 2 rings (SSSR count). The molecule has 2 aliphatic carbocycles. The molecular weight excluding hydrogens is 263 g/mol. The number of fused-ring (bicyclic) bond motifs is 2. The van der Waals surface area contributed by atoms with Crippen molar-refractivity contribution in [3.05, 3.63) is 0 Å². The molecule has 0 radical (unpaired) electrons. The molecule has 0 amide bonds. The SMILES string of the molecule is CC12CCC(CC1=O)C2(C)CI. The number of hydrogen-bond acceptors (Lipinski definition) is 1. The second-order valence-electron chi connectivity index (χ2n) is 4.75. The molecule has 3 unspecified atom stereocenters. The zero-order valence-electron chi connectivity index (χ0n) is 7.69. The Morgan fingerprint density at radius 2 is 2.25 bits per heavy atom. The van der Waals surface area contributed by atoms with E-state index in [2.05, 4.69) is 36.4 Å². The number of alkyl halides is 1. The number of rotatable bonds is 1. The van der Waals surface area contributed by atoms with Gasteiger partial charge in [-0.05, 0) is 24.2 Å². The summed E-state index contributed by atoms with van der Waals surface area (Å²) in [4.78, 5) is 11.7. The average molecular weight is 278 g/mol. The molecule has 2 saturated carbocycles. The van der Waals surface area contributed by atoms with Crippen LogP contribution in [0.4, 0.5) is 0 Å². The van der Waals surface area contributed by atoms with Gasteiger partial charge in [0.25, 0.3) is 0 Å². The van der Waals surface area contributed by atoms with Crippen molar-refractivity contribution < 1.29 is 4.79 Å². The first-order valence-corrected chi connectivity index (χ1v) is 6.16. The predicted molar refractivity (Wildman–Crippen MR) is 57.4 cm³/mol. The van der Waals surface area contributed by atoms with Crippen molar-refractivity contribution in [1.29, 1.82) is 0 Å². The van der Waals surface area contributed by atoms with E-state index in [9.17, 15) is 4.79 Å². The maximum atomic E-state index is 11.7. The molecule has 68 valence electrons. The summed E-state index contributed by atoms with van der Waals surface area (Å²) in [6.45, 7) is 4.49. The molecule has 0 aromatic rings. The lowest BCUT2D eigenvalue weighted by atomic mass is 9.70. The van der Waals surface area contributed by atoms with Crippen molar-refractivity contribution in [2.45, 2.75) is 33.1 Å². The Morgan fingerprint density at radius 3 is 2.50 bits per heavy atom. The fraction of sp³-hybridized carbons (Fsp3) is 0.900. The van der Waals surface area contributed by atoms with Crippen molar-refractivity contribution in [2.75, 3.05) is 4.43 Å². The molecule has 1 nitrogen and oxygen atoms in total. The van der Waals surface area contributed by atoms with E-state index in [-0.39, 0.29) is 5.41 Å². The van der Waals surface area contributed by atoms with Crippen molar-refractivity contribution in [3.63, 3.8) is 0 Å².